The second kappa shape index (κ2) is 3.82. The third kappa shape index (κ3) is 2.05. The van der Waals surface area contributed by atoms with E-state index >= 15 is 0 Å². The average Bonchev–Trinajstić information content (AvgIpc) is 2.67. The largest absolute Gasteiger partial charge is 0.466 e. The number of halogens is 2. The minimum atomic E-state index is -1.15. The Morgan fingerprint density at radius 1 is 1.13 bits per heavy atom. The van der Waals surface area contributed by atoms with Crippen molar-refractivity contribution in [1.29, 1.82) is 0 Å². The predicted molar refractivity (Wildman–Crippen MR) is 49.1 cm³/mol. The molecule has 2 rings (SSSR count). The van der Waals surface area contributed by atoms with Gasteiger partial charge in [0.1, 0.15) is 23.5 Å². The molecule has 1 aromatic heterocycles. The summed E-state index contributed by atoms with van der Waals surface area (Å²) in [7, 11) is 0. The number of hydrogen-bond donors (Lipinski definition) is 1. The molecule has 0 amide bonds. The molecule has 2 nitrogen and oxygen atoms in total. The number of furan rings is 1. The fourth-order valence-corrected chi connectivity index (χ4v) is 1.34. The summed E-state index contributed by atoms with van der Waals surface area (Å²) in [5.41, 5.74) is 0.127. The van der Waals surface area contributed by atoms with Crippen LogP contribution in [0, 0.1) is 11.6 Å². The zero-order chi connectivity index (χ0) is 10.8. The maximum Gasteiger partial charge on any atom is 0.137 e. The number of rotatable bonds is 2. The molecule has 1 heterocycles. The maximum atomic E-state index is 12.8. The molecule has 2 aromatic rings. The molecule has 4 heteroatoms. The van der Waals surface area contributed by atoms with E-state index in [0.717, 1.165) is 18.2 Å². The molecular formula is C11H8F2O2. The van der Waals surface area contributed by atoms with Crippen molar-refractivity contribution in [2.45, 2.75) is 6.10 Å². The van der Waals surface area contributed by atoms with Crippen LogP contribution in [0.15, 0.2) is 41.0 Å². The second-order valence-electron chi connectivity index (χ2n) is 3.12. The lowest BCUT2D eigenvalue weighted by molar-refractivity contribution is 0.188. The van der Waals surface area contributed by atoms with Gasteiger partial charge in [0, 0.05) is 6.07 Å². The van der Waals surface area contributed by atoms with Crippen LogP contribution in [0.2, 0.25) is 0 Å². The van der Waals surface area contributed by atoms with Gasteiger partial charge in [-0.05, 0) is 29.8 Å². The average molecular weight is 210 g/mol. The van der Waals surface area contributed by atoms with Crippen molar-refractivity contribution in [3.05, 3.63) is 59.6 Å². The van der Waals surface area contributed by atoms with Crippen LogP contribution in [0.25, 0.3) is 0 Å². The second-order valence-corrected chi connectivity index (χ2v) is 3.12. The Bertz CT molecular complexity index is 431. The molecule has 0 aliphatic rings. The van der Waals surface area contributed by atoms with Crippen molar-refractivity contribution in [2.24, 2.45) is 0 Å². The van der Waals surface area contributed by atoms with Crippen LogP contribution in [0.5, 0.6) is 0 Å². The molecule has 78 valence electrons. The van der Waals surface area contributed by atoms with Gasteiger partial charge in [-0.3, -0.25) is 0 Å². The van der Waals surface area contributed by atoms with Crippen molar-refractivity contribution in [2.75, 3.05) is 0 Å². The van der Waals surface area contributed by atoms with Gasteiger partial charge in [-0.15, -0.1) is 0 Å². The first kappa shape index (κ1) is 9.86. The van der Waals surface area contributed by atoms with Gasteiger partial charge in [0.15, 0.2) is 0 Å². The zero-order valence-corrected chi connectivity index (χ0v) is 7.65. The predicted octanol–water partition coefficient (Wildman–Crippen LogP) is 2.64. The van der Waals surface area contributed by atoms with Gasteiger partial charge in [-0.25, -0.2) is 8.78 Å². The smallest absolute Gasteiger partial charge is 0.137 e. The highest BCUT2D eigenvalue weighted by Gasteiger charge is 2.14. The van der Waals surface area contributed by atoms with Crippen LogP contribution in [0.1, 0.15) is 17.4 Å². The van der Waals surface area contributed by atoms with Gasteiger partial charge in [0.2, 0.25) is 0 Å². The molecule has 0 spiro atoms. The molecule has 0 radical (unpaired) electrons. The zero-order valence-electron chi connectivity index (χ0n) is 7.65. The van der Waals surface area contributed by atoms with E-state index in [1.807, 2.05) is 0 Å². The van der Waals surface area contributed by atoms with E-state index in [2.05, 4.69) is 0 Å². The quantitative estimate of drug-likeness (QED) is 0.826. The van der Waals surface area contributed by atoms with Crippen LogP contribution < -0.4 is 0 Å². The summed E-state index contributed by atoms with van der Waals surface area (Å²) in [5, 5.41) is 9.70. The SMILES string of the molecule is OC(c1cc(F)cc(F)c1)c1ccco1. The highest BCUT2D eigenvalue weighted by atomic mass is 19.1. The van der Waals surface area contributed by atoms with Crippen LogP contribution in [-0.4, -0.2) is 5.11 Å². The molecule has 0 aliphatic carbocycles. The molecule has 15 heavy (non-hydrogen) atoms. The summed E-state index contributed by atoms with van der Waals surface area (Å²) in [6.07, 6.45) is 0.235. The van der Waals surface area contributed by atoms with Crippen LogP contribution in [0.3, 0.4) is 0 Å². The number of hydrogen-bond acceptors (Lipinski definition) is 2. The van der Waals surface area contributed by atoms with Crippen molar-refractivity contribution < 1.29 is 18.3 Å². The molecule has 0 aliphatic heterocycles. The van der Waals surface area contributed by atoms with Crippen LogP contribution in [0.4, 0.5) is 8.78 Å². The van der Waals surface area contributed by atoms with Gasteiger partial charge in [-0.2, -0.15) is 0 Å². The van der Waals surface area contributed by atoms with E-state index in [-0.39, 0.29) is 11.3 Å². The van der Waals surface area contributed by atoms with Gasteiger partial charge >= 0.3 is 0 Å². The van der Waals surface area contributed by atoms with Crippen molar-refractivity contribution >= 4 is 0 Å². The summed E-state index contributed by atoms with van der Waals surface area (Å²) in [6.45, 7) is 0. The van der Waals surface area contributed by atoms with Gasteiger partial charge in [0.25, 0.3) is 0 Å². The fourth-order valence-electron chi connectivity index (χ4n) is 1.34. The maximum absolute atomic E-state index is 12.8. The molecule has 0 saturated carbocycles. The lowest BCUT2D eigenvalue weighted by atomic mass is 10.1. The Balaban J connectivity index is 2.37. The van der Waals surface area contributed by atoms with E-state index in [1.54, 1.807) is 6.07 Å². The molecule has 1 aromatic carbocycles. The topological polar surface area (TPSA) is 33.4 Å². The monoisotopic (exact) mass is 210 g/mol. The van der Waals surface area contributed by atoms with E-state index in [1.165, 1.54) is 12.3 Å². The molecule has 1 atom stereocenters. The number of aliphatic hydroxyl groups is 1. The molecular weight excluding hydrogens is 202 g/mol. The van der Waals surface area contributed by atoms with E-state index in [4.69, 9.17) is 4.42 Å². The van der Waals surface area contributed by atoms with Crippen LogP contribution >= 0.6 is 0 Å². The van der Waals surface area contributed by atoms with Crippen LogP contribution in [-0.2, 0) is 0 Å². The Morgan fingerprint density at radius 2 is 1.80 bits per heavy atom. The molecule has 0 bridgehead atoms. The minimum absolute atomic E-state index is 0.127. The van der Waals surface area contributed by atoms with Crippen molar-refractivity contribution in [1.82, 2.24) is 0 Å². The van der Waals surface area contributed by atoms with Crippen molar-refractivity contribution in [3.8, 4) is 0 Å². The highest BCUT2D eigenvalue weighted by molar-refractivity contribution is 5.25. The summed E-state index contributed by atoms with van der Waals surface area (Å²) < 4.78 is 30.6. The molecule has 1 N–H and O–H groups in total. The molecule has 0 saturated heterocycles. The van der Waals surface area contributed by atoms with Gasteiger partial charge < -0.3 is 9.52 Å². The lowest BCUT2D eigenvalue weighted by Crippen LogP contribution is -1.99. The molecule has 0 fully saturated rings. The Kier molecular flexibility index (Phi) is 2.51. The van der Waals surface area contributed by atoms with E-state index < -0.39 is 17.7 Å². The molecule has 1 unspecified atom stereocenters. The number of benzene rings is 1. The first-order valence-electron chi connectivity index (χ1n) is 4.34. The Labute approximate surface area is 84.8 Å². The first-order valence-corrected chi connectivity index (χ1v) is 4.34. The minimum Gasteiger partial charge on any atom is -0.466 e. The van der Waals surface area contributed by atoms with Crippen molar-refractivity contribution in [3.63, 3.8) is 0 Å². The first-order chi connectivity index (χ1) is 7.16. The Hall–Kier alpha value is -1.68. The normalized spacial score (nSPS) is 12.7. The van der Waals surface area contributed by atoms with Gasteiger partial charge in [-0.1, -0.05) is 0 Å². The number of aliphatic hydroxyl groups excluding tert-OH is 1. The summed E-state index contributed by atoms with van der Waals surface area (Å²) in [6, 6.07) is 6.01. The van der Waals surface area contributed by atoms with E-state index in [0.29, 0.717) is 0 Å². The lowest BCUT2D eigenvalue weighted by Gasteiger charge is -2.07. The summed E-state index contributed by atoms with van der Waals surface area (Å²) in [5.74, 6) is -1.20. The summed E-state index contributed by atoms with van der Waals surface area (Å²) in [4.78, 5) is 0. The van der Waals surface area contributed by atoms with Gasteiger partial charge in [0.05, 0.1) is 6.26 Å². The third-order valence-corrected chi connectivity index (χ3v) is 2.01. The Morgan fingerprint density at radius 3 is 2.33 bits per heavy atom. The standard InChI is InChI=1S/C11H8F2O2/c12-8-4-7(5-9(13)6-8)11(14)10-2-1-3-15-10/h1-6,11,14H. The third-order valence-electron chi connectivity index (χ3n) is 2.01. The summed E-state index contributed by atoms with van der Waals surface area (Å²) >= 11 is 0. The van der Waals surface area contributed by atoms with E-state index in [9.17, 15) is 13.9 Å². The highest BCUT2D eigenvalue weighted by Crippen LogP contribution is 2.23. The fraction of sp³-hybridized carbons (Fsp3) is 0.0909.